The van der Waals surface area contributed by atoms with Crippen LogP contribution in [0, 0.1) is 13.8 Å². The lowest BCUT2D eigenvalue weighted by Gasteiger charge is -2.13. The average Bonchev–Trinajstić information content (AvgIpc) is 2.71. The van der Waals surface area contributed by atoms with Gasteiger partial charge in [0, 0.05) is 30.7 Å². The fourth-order valence-electron chi connectivity index (χ4n) is 2.74. The highest BCUT2D eigenvalue weighted by Crippen LogP contribution is 2.21. The van der Waals surface area contributed by atoms with Gasteiger partial charge < -0.3 is 14.5 Å². The van der Waals surface area contributed by atoms with Gasteiger partial charge in [0.1, 0.15) is 0 Å². The van der Waals surface area contributed by atoms with E-state index in [0.717, 1.165) is 11.4 Å². The molecule has 0 saturated carbocycles. The van der Waals surface area contributed by atoms with E-state index in [-0.39, 0.29) is 11.5 Å². The highest BCUT2D eigenvalue weighted by molar-refractivity contribution is 9.10. The summed E-state index contributed by atoms with van der Waals surface area (Å²) in [7, 11) is 1.65. The minimum absolute atomic E-state index is 0.143. The van der Waals surface area contributed by atoms with Crippen LogP contribution < -0.4 is 10.9 Å². The first kappa shape index (κ1) is 16.5. The Hall–Kier alpha value is -1.82. The Kier molecular flexibility index (Phi) is 4.60. The fourth-order valence-corrected chi connectivity index (χ4v) is 3.27. The Morgan fingerprint density at radius 2 is 1.91 bits per heavy atom. The summed E-state index contributed by atoms with van der Waals surface area (Å²) in [5, 5.41) is 2.85. The lowest BCUT2D eigenvalue weighted by atomic mass is 10.2. The summed E-state index contributed by atoms with van der Waals surface area (Å²) in [5.74, 6) is -0.175. The molecule has 1 amide bonds. The second kappa shape index (κ2) is 6.12. The smallest absolute Gasteiger partial charge is 0.264 e. The van der Waals surface area contributed by atoms with Crippen LogP contribution in [-0.4, -0.2) is 15.0 Å². The summed E-state index contributed by atoms with van der Waals surface area (Å²) in [4.78, 5) is 24.2. The molecule has 0 saturated heterocycles. The Balaban J connectivity index is 2.34. The summed E-state index contributed by atoms with van der Waals surface area (Å²) < 4.78 is 3.98. The number of rotatable bonds is 3. The van der Waals surface area contributed by atoms with Gasteiger partial charge in [-0.05, 0) is 55.8 Å². The zero-order chi connectivity index (χ0) is 16.6. The summed E-state index contributed by atoms with van der Waals surface area (Å²) in [5.41, 5.74) is 3.08. The zero-order valence-corrected chi connectivity index (χ0v) is 15.0. The number of anilines is 1. The molecule has 2 heterocycles. The molecule has 2 aromatic rings. The van der Waals surface area contributed by atoms with Crippen LogP contribution >= 0.6 is 15.9 Å². The number of nitrogens with one attached hydrogen (secondary N) is 1. The van der Waals surface area contributed by atoms with Crippen molar-refractivity contribution in [2.75, 3.05) is 5.32 Å². The molecule has 0 spiro atoms. The average molecular weight is 366 g/mol. The first-order valence-corrected chi connectivity index (χ1v) is 7.87. The van der Waals surface area contributed by atoms with E-state index in [1.165, 1.54) is 4.57 Å². The third-order valence-electron chi connectivity index (χ3n) is 3.64. The van der Waals surface area contributed by atoms with Gasteiger partial charge in [-0.2, -0.15) is 0 Å². The quantitative estimate of drug-likeness (QED) is 0.905. The van der Waals surface area contributed by atoms with Crippen molar-refractivity contribution in [1.29, 1.82) is 0 Å². The lowest BCUT2D eigenvalue weighted by Crippen LogP contribution is -2.20. The molecule has 5 nitrogen and oxygen atoms in total. The number of pyridine rings is 1. The SMILES string of the molecule is Cc1cc(C(=O)Nc2cc(Br)c(=O)n(C)c2)c(C)n1C(C)C. The highest BCUT2D eigenvalue weighted by atomic mass is 79.9. The third-order valence-corrected chi connectivity index (χ3v) is 4.21. The second-order valence-corrected chi connectivity index (χ2v) is 6.55. The molecule has 0 fully saturated rings. The molecule has 0 radical (unpaired) electrons. The van der Waals surface area contributed by atoms with E-state index in [1.807, 2.05) is 19.9 Å². The van der Waals surface area contributed by atoms with E-state index in [4.69, 9.17) is 0 Å². The molecule has 0 unspecified atom stereocenters. The largest absolute Gasteiger partial charge is 0.346 e. The van der Waals surface area contributed by atoms with Crippen LogP contribution in [0.3, 0.4) is 0 Å². The maximum atomic E-state index is 12.5. The molecule has 0 aliphatic carbocycles. The van der Waals surface area contributed by atoms with E-state index >= 15 is 0 Å². The lowest BCUT2D eigenvalue weighted by molar-refractivity contribution is 0.102. The normalized spacial score (nSPS) is 11.0. The molecule has 0 aliphatic heterocycles. The number of hydrogen-bond acceptors (Lipinski definition) is 2. The van der Waals surface area contributed by atoms with Crippen molar-refractivity contribution in [3.63, 3.8) is 0 Å². The van der Waals surface area contributed by atoms with Gasteiger partial charge in [0.05, 0.1) is 15.7 Å². The Morgan fingerprint density at radius 1 is 1.27 bits per heavy atom. The number of halogens is 1. The van der Waals surface area contributed by atoms with Crippen molar-refractivity contribution >= 4 is 27.5 Å². The topological polar surface area (TPSA) is 56.0 Å². The number of carbonyl (C=O) groups excluding carboxylic acids is 1. The summed E-state index contributed by atoms with van der Waals surface area (Å²) >= 11 is 3.20. The van der Waals surface area contributed by atoms with Crippen molar-refractivity contribution < 1.29 is 4.79 Å². The predicted molar refractivity (Wildman–Crippen MR) is 91.6 cm³/mol. The third kappa shape index (κ3) is 3.02. The Bertz CT molecular complexity index is 761. The van der Waals surface area contributed by atoms with Crippen LogP contribution in [-0.2, 0) is 7.05 Å². The number of amides is 1. The fraction of sp³-hybridized carbons (Fsp3) is 0.375. The van der Waals surface area contributed by atoms with E-state index in [9.17, 15) is 9.59 Å². The first-order valence-electron chi connectivity index (χ1n) is 7.08. The summed E-state index contributed by atoms with van der Waals surface area (Å²) in [6, 6.07) is 3.80. The Labute approximate surface area is 138 Å². The van der Waals surface area contributed by atoms with Crippen LogP contribution in [0.5, 0.6) is 0 Å². The van der Waals surface area contributed by atoms with Gasteiger partial charge in [-0.25, -0.2) is 0 Å². The van der Waals surface area contributed by atoms with Crippen LogP contribution in [0.1, 0.15) is 41.6 Å². The van der Waals surface area contributed by atoms with Gasteiger partial charge in [-0.3, -0.25) is 9.59 Å². The number of carbonyl (C=O) groups is 1. The molecule has 0 aromatic carbocycles. The molecule has 6 heteroatoms. The molecule has 0 atom stereocenters. The van der Waals surface area contributed by atoms with Gasteiger partial charge in [0.15, 0.2) is 0 Å². The standard InChI is InChI=1S/C16H20BrN3O2/c1-9(2)20-10(3)6-13(11(20)4)15(21)18-12-7-14(17)16(22)19(5)8-12/h6-9H,1-5H3,(H,18,21). The van der Waals surface area contributed by atoms with Crippen molar-refractivity contribution in [2.45, 2.75) is 33.7 Å². The number of aromatic nitrogens is 2. The first-order chi connectivity index (χ1) is 10.2. The minimum atomic E-state index is -0.175. The van der Waals surface area contributed by atoms with Gasteiger partial charge in [-0.1, -0.05) is 0 Å². The summed E-state index contributed by atoms with van der Waals surface area (Å²) in [6.45, 7) is 8.11. The van der Waals surface area contributed by atoms with E-state index in [2.05, 4.69) is 39.7 Å². The Morgan fingerprint density at radius 3 is 2.41 bits per heavy atom. The van der Waals surface area contributed by atoms with Crippen molar-refractivity contribution in [2.24, 2.45) is 7.05 Å². The monoisotopic (exact) mass is 365 g/mol. The summed E-state index contributed by atoms with van der Waals surface area (Å²) in [6.07, 6.45) is 1.60. The van der Waals surface area contributed by atoms with Gasteiger partial charge in [-0.15, -0.1) is 0 Å². The second-order valence-electron chi connectivity index (χ2n) is 5.70. The number of aryl methyl sites for hydroxylation is 2. The molecule has 1 N–H and O–H groups in total. The van der Waals surface area contributed by atoms with Gasteiger partial charge in [0.2, 0.25) is 0 Å². The number of nitrogens with zero attached hydrogens (tertiary/aromatic N) is 2. The van der Waals surface area contributed by atoms with E-state index in [1.54, 1.807) is 19.3 Å². The molecule has 0 bridgehead atoms. The van der Waals surface area contributed by atoms with Crippen LogP contribution in [0.4, 0.5) is 5.69 Å². The molecule has 118 valence electrons. The number of hydrogen-bond donors (Lipinski definition) is 1. The van der Waals surface area contributed by atoms with Crippen LogP contribution in [0.2, 0.25) is 0 Å². The molecule has 22 heavy (non-hydrogen) atoms. The molecule has 0 aliphatic rings. The van der Waals surface area contributed by atoms with Crippen molar-refractivity contribution in [3.8, 4) is 0 Å². The van der Waals surface area contributed by atoms with Crippen molar-refractivity contribution in [1.82, 2.24) is 9.13 Å². The van der Waals surface area contributed by atoms with Crippen LogP contribution in [0.15, 0.2) is 27.6 Å². The molecule has 2 aromatic heterocycles. The molecule has 2 rings (SSSR count). The van der Waals surface area contributed by atoms with Crippen LogP contribution in [0.25, 0.3) is 0 Å². The van der Waals surface area contributed by atoms with Gasteiger partial charge in [0.25, 0.3) is 11.5 Å². The minimum Gasteiger partial charge on any atom is -0.346 e. The predicted octanol–water partition coefficient (Wildman–Crippen LogP) is 3.40. The van der Waals surface area contributed by atoms with Gasteiger partial charge >= 0.3 is 0 Å². The zero-order valence-electron chi connectivity index (χ0n) is 13.4. The van der Waals surface area contributed by atoms with E-state index in [0.29, 0.717) is 21.8 Å². The molecular formula is C16H20BrN3O2. The molecular weight excluding hydrogens is 346 g/mol. The van der Waals surface area contributed by atoms with E-state index < -0.39 is 0 Å². The maximum absolute atomic E-state index is 12.5. The van der Waals surface area contributed by atoms with Crippen molar-refractivity contribution in [3.05, 3.63) is 50.1 Å². The maximum Gasteiger partial charge on any atom is 0.264 e. The highest BCUT2D eigenvalue weighted by Gasteiger charge is 2.17.